The number of amides is 1. The van der Waals surface area contributed by atoms with Gasteiger partial charge in [0.05, 0.1) is 28.7 Å². The van der Waals surface area contributed by atoms with E-state index in [1.54, 1.807) is 6.20 Å². The molecule has 0 aliphatic carbocycles. The van der Waals surface area contributed by atoms with Crippen LogP contribution in [0.3, 0.4) is 0 Å². The van der Waals surface area contributed by atoms with Crippen LogP contribution in [-0.4, -0.2) is 86.1 Å². The van der Waals surface area contributed by atoms with Gasteiger partial charge in [-0.15, -0.1) is 0 Å². The molecule has 4 saturated heterocycles. The molecule has 0 saturated carbocycles. The van der Waals surface area contributed by atoms with Crippen molar-refractivity contribution in [3.05, 3.63) is 60.4 Å². The molecular formula is C32H32ClN7O2. The largest absolute Gasteiger partial charge is 0.461 e. The Balaban J connectivity index is 1.20. The number of nitrogens with zero attached hydrogens (tertiary/aromatic N) is 7. The molecular weight excluding hydrogens is 550 g/mol. The van der Waals surface area contributed by atoms with Crippen molar-refractivity contribution in [3.63, 3.8) is 0 Å². The van der Waals surface area contributed by atoms with Crippen LogP contribution in [0.4, 0.5) is 5.82 Å². The predicted octanol–water partition coefficient (Wildman–Crippen LogP) is 4.88. The third-order valence-electron chi connectivity index (χ3n) is 9.83. The van der Waals surface area contributed by atoms with E-state index in [4.69, 9.17) is 31.3 Å². The zero-order valence-electron chi connectivity index (χ0n) is 23.4. The quantitative estimate of drug-likeness (QED) is 0.298. The van der Waals surface area contributed by atoms with E-state index in [2.05, 4.69) is 21.4 Å². The van der Waals surface area contributed by atoms with Crippen molar-refractivity contribution in [2.75, 3.05) is 37.7 Å². The van der Waals surface area contributed by atoms with Crippen molar-refractivity contribution in [1.82, 2.24) is 29.7 Å². The lowest BCUT2D eigenvalue weighted by Gasteiger charge is -2.47. The molecule has 0 N–H and O–H groups in total. The fraction of sp³-hybridized carbons (Fsp3) is 0.406. The Morgan fingerprint density at radius 1 is 1.07 bits per heavy atom. The third kappa shape index (κ3) is 3.97. The highest BCUT2D eigenvalue weighted by molar-refractivity contribution is 6.36. The van der Waals surface area contributed by atoms with E-state index in [1.165, 1.54) is 18.9 Å². The molecule has 2 atom stereocenters. The summed E-state index contributed by atoms with van der Waals surface area (Å²) in [7, 11) is 0. The number of ether oxygens (including phenoxy) is 1. The second-order valence-corrected chi connectivity index (χ2v) is 12.3. The van der Waals surface area contributed by atoms with Crippen LogP contribution < -0.4 is 9.64 Å². The molecule has 4 aliphatic heterocycles. The third-order valence-corrected chi connectivity index (χ3v) is 10.1. The van der Waals surface area contributed by atoms with Gasteiger partial charge in [0.1, 0.15) is 12.4 Å². The monoisotopic (exact) mass is 581 g/mol. The molecule has 7 heterocycles. The number of carbonyl (C=O) groups excluding carboxylic acids is 1. The molecule has 4 aromatic rings. The van der Waals surface area contributed by atoms with E-state index in [9.17, 15) is 4.79 Å². The van der Waals surface area contributed by atoms with Crippen molar-refractivity contribution in [3.8, 4) is 17.3 Å². The van der Waals surface area contributed by atoms with Gasteiger partial charge in [-0.2, -0.15) is 9.97 Å². The molecule has 4 fully saturated rings. The summed E-state index contributed by atoms with van der Waals surface area (Å²) >= 11 is 6.65. The Morgan fingerprint density at radius 3 is 2.76 bits per heavy atom. The van der Waals surface area contributed by atoms with Crippen molar-refractivity contribution in [1.29, 1.82) is 0 Å². The lowest BCUT2D eigenvalue weighted by molar-refractivity contribution is -0.127. The molecule has 4 aliphatic rings. The molecule has 0 spiro atoms. The van der Waals surface area contributed by atoms with Crippen molar-refractivity contribution in [2.24, 2.45) is 0 Å². The maximum atomic E-state index is 12.4. The molecule has 10 heteroatoms. The zero-order chi connectivity index (χ0) is 28.4. The average molecular weight is 582 g/mol. The van der Waals surface area contributed by atoms with Crippen LogP contribution in [0.15, 0.2) is 55.4 Å². The van der Waals surface area contributed by atoms with E-state index in [0.29, 0.717) is 29.8 Å². The molecule has 0 bridgehead atoms. The first-order valence-corrected chi connectivity index (χ1v) is 15.2. The highest BCUT2D eigenvalue weighted by Crippen LogP contribution is 2.42. The topological polar surface area (TPSA) is 87.6 Å². The Bertz CT molecular complexity index is 1730. The molecule has 3 aromatic heterocycles. The maximum Gasteiger partial charge on any atom is 0.320 e. The van der Waals surface area contributed by atoms with Gasteiger partial charge in [-0.3, -0.25) is 14.7 Å². The minimum absolute atomic E-state index is 0.00989. The second kappa shape index (κ2) is 9.88. The van der Waals surface area contributed by atoms with Crippen LogP contribution in [0.25, 0.3) is 33.1 Å². The van der Waals surface area contributed by atoms with Crippen molar-refractivity contribution >= 4 is 45.1 Å². The summed E-state index contributed by atoms with van der Waals surface area (Å²) in [5, 5.41) is 3.39. The van der Waals surface area contributed by atoms with E-state index >= 15 is 0 Å². The fourth-order valence-electron chi connectivity index (χ4n) is 7.71. The van der Waals surface area contributed by atoms with Gasteiger partial charge in [0.2, 0.25) is 5.91 Å². The summed E-state index contributed by atoms with van der Waals surface area (Å²) in [5.41, 5.74) is 2.25. The summed E-state index contributed by atoms with van der Waals surface area (Å²) in [4.78, 5) is 38.5. The molecule has 0 unspecified atom stereocenters. The number of hydrogen-bond donors (Lipinski definition) is 0. The number of aromatic nitrogens is 4. The number of fused-ring (bicyclic) bond motifs is 4. The normalized spacial score (nSPS) is 22.8. The first-order chi connectivity index (χ1) is 20.5. The van der Waals surface area contributed by atoms with E-state index in [-0.39, 0.29) is 23.5 Å². The highest BCUT2D eigenvalue weighted by Gasteiger charge is 2.49. The number of anilines is 1. The van der Waals surface area contributed by atoms with Crippen molar-refractivity contribution in [2.45, 2.75) is 49.7 Å². The molecule has 1 amide bonds. The molecule has 8 rings (SSSR count). The number of hydrogen-bond acceptors (Lipinski definition) is 8. The Kier molecular flexibility index (Phi) is 6.08. The molecule has 9 nitrogen and oxygen atoms in total. The van der Waals surface area contributed by atoms with Crippen LogP contribution in [0.2, 0.25) is 5.02 Å². The van der Waals surface area contributed by atoms with Crippen LogP contribution in [0.5, 0.6) is 6.01 Å². The van der Waals surface area contributed by atoms with Gasteiger partial charge >= 0.3 is 6.01 Å². The minimum Gasteiger partial charge on any atom is -0.461 e. The molecule has 42 heavy (non-hydrogen) atoms. The van der Waals surface area contributed by atoms with Gasteiger partial charge in [-0.1, -0.05) is 30.3 Å². The van der Waals surface area contributed by atoms with Crippen molar-refractivity contribution < 1.29 is 9.53 Å². The molecule has 0 radical (unpaired) electrons. The van der Waals surface area contributed by atoms with Crippen LogP contribution in [0, 0.1) is 0 Å². The van der Waals surface area contributed by atoms with Crippen LogP contribution >= 0.6 is 11.6 Å². The van der Waals surface area contributed by atoms with Gasteiger partial charge in [-0.25, -0.2) is 4.98 Å². The van der Waals surface area contributed by atoms with E-state index in [1.807, 2.05) is 41.4 Å². The van der Waals surface area contributed by atoms with E-state index in [0.717, 1.165) is 72.1 Å². The number of likely N-dealkylation sites (tertiary alicyclic amines) is 1. The number of benzene rings is 1. The lowest BCUT2D eigenvalue weighted by atomic mass is 9.95. The van der Waals surface area contributed by atoms with Gasteiger partial charge in [0, 0.05) is 46.8 Å². The lowest BCUT2D eigenvalue weighted by Crippen LogP contribution is -2.63. The standard InChI is InChI=1S/C32H32ClN7O2/c1-2-27(41)39-15-10-25-26(39)18-40(25)30-21-8-9-24(22-17-34-16-20-6-3-7-23(33)28(20)22)35-29(21)36-31(37-30)42-19-32-11-4-13-38(32)14-5-12-32/h2-3,6-9,16-17,25-26H,1,4-5,10-15,18-19H2/t25-,26-/m1/s1. The van der Waals surface area contributed by atoms with Gasteiger partial charge < -0.3 is 14.5 Å². The second-order valence-electron chi connectivity index (χ2n) is 11.9. The number of rotatable bonds is 6. The number of halogens is 1. The maximum absolute atomic E-state index is 12.4. The SMILES string of the molecule is C=CC(=O)N1CC[C@@H]2[C@H]1CN2c1nc(OCC23CCCN2CCC3)nc2nc(-c3cncc4cccc(Cl)c34)ccc12. The summed E-state index contributed by atoms with van der Waals surface area (Å²) in [5.74, 6) is 0.800. The average Bonchev–Trinajstić information content (AvgIpc) is 3.68. The fourth-order valence-corrected chi connectivity index (χ4v) is 7.99. The summed E-state index contributed by atoms with van der Waals surface area (Å²) < 4.78 is 6.44. The number of pyridine rings is 2. The van der Waals surface area contributed by atoms with Gasteiger partial charge in [0.25, 0.3) is 0 Å². The van der Waals surface area contributed by atoms with E-state index < -0.39 is 0 Å². The Morgan fingerprint density at radius 2 is 1.93 bits per heavy atom. The van der Waals surface area contributed by atoms with Crippen LogP contribution in [-0.2, 0) is 4.79 Å². The first kappa shape index (κ1) is 25.9. The molecule has 214 valence electrons. The first-order valence-electron chi connectivity index (χ1n) is 14.8. The van der Waals surface area contributed by atoms with Gasteiger partial charge in [0.15, 0.2) is 5.65 Å². The summed E-state index contributed by atoms with van der Waals surface area (Å²) in [6.45, 7) is 7.96. The van der Waals surface area contributed by atoms with Gasteiger partial charge in [-0.05, 0) is 69.5 Å². The number of carbonyl (C=O) groups is 1. The highest BCUT2D eigenvalue weighted by atomic mass is 35.5. The van der Waals surface area contributed by atoms with Crippen LogP contribution in [0.1, 0.15) is 32.1 Å². The smallest absolute Gasteiger partial charge is 0.320 e. The Hall–Kier alpha value is -3.82. The minimum atomic E-state index is -0.00989. The Labute approximate surface area is 249 Å². The predicted molar refractivity (Wildman–Crippen MR) is 163 cm³/mol. The summed E-state index contributed by atoms with van der Waals surface area (Å²) in [6, 6.07) is 10.5. The summed E-state index contributed by atoms with van der Waals surface area (Å²) in [6.07, 6.45) is 10.6. The zero-order valence-corrected chi connectivity index (χ0v) is 24.1. The molecule has 1 aromatic carbocycles.